The van der Waals surface area contributed by atoms with Crippen LogP contribution in [0.15, 0.2) is 64.3 Å². The van der Waals surface area contributed by atoms with Crippen LogP contribution in [-0.4, -0.2) is 29.4 Å². The number of aromatic nitrogens is 2. The van der Waals surface area contributed by atoms with E-state index in [0.717, 1.165) is 19.3 Å². The molecule has 8 heteroatoms. The van der Waals surface area contributed by atoms with Crippen LogP contribution < -0.4 is 0 Å². The average molecular weight is 401 g/mol. The Bertz CT molecular complexity index is 1040. The van der Waals surface area contributed by atoms with Crippen LogP contribution in [0.1, 0.15) is 37.5 Å². The highest BCUT2D eigenvalue weighted by molar-refractivity contribution is 7.89. The number of hydrogen-bond donors (Lipinski definition) is 0. The van der Waals surface area contributed by atoms with Crippen molar-refractivity contribution in [3.63, 3.8) is 0 Å². The summed E-state index contributed by atoms with van der Waals surface area (Å²) < 4.78 is 46.6. The largest absolute Gasteiger partial charge is 0.359 e. The molecule has 2 aromatic heterocycles. The number of halogens is 1. The van der Waals surface area contributed by atoms with Gasteiger partial charge in [0.1, 0.15) is 16.4 Å². The predicted octanol–water partition coefficient (Wildman–Crippen LogP) is 4.18. The van der Waals surface area contributed by atoms with Crippen LogP contribution in [0.4, 0.5) is 4.39 Å². The maximum atomic E-state index is 13.2. The molecule has 0 saturated carbocycles. The van der Waals surface area contributed by atoms with Crippen LogP contribution in [0.5, 0.6) is 0 Å². The van der Waals surface area contributed by atoms with Crippen molar-refractivity contribution in [1.29, 1.82) is 0 Å². The maximum absolute atomic E-state index is 13.2. The van der Waals surface area contributed by atoms with E-state index in [1.165, 1.54) is 22.6 Å². The second-order valence-electron chi connectivity index (χ2n) is 6.79. The Labute approximate surface area is 163 Å². The zero-order chi connectivity index (χ0) is 19.6. The normalized spacial score (nSPS) is 18.7. The highest BCUT2D eigenvalue weighted by Gasteiger charge is 2.35. The number of benzene rings is 1. The van der Waals surface area contributed by atoms with E-state index in [0.29, 0.717) is 30.0 Å². The van der Waals surface area contributed by atoms with Gasteiger partial charge >= 0.3 is 0 Å². The third-order valence-electron chi connectivity index (χ3n) is 4.94. The van der Waals surface area contributed by atoms with Gasteiger partial charge in [-0.2, -0.15) is 4.31 Å². The van der Waals surface area contributed by atoms with Crippen LogP contribution in [0.2, 0.25) is 0 Å². The van der Waals surface area contributed by atoms with Gasteiger partial charge in [-0.25, -0.2) is 12.8 Å². The van der Waals surface area contributed by atoms with Crippen molar-refractivity contribution in [3.05, 3.63) is 66.4 Å². The van der Waals surface area contributed by atoms with E-state index in [1.54, 1.807) is 36.5 Å². The second kappa shape index (κ2) is 7.81. The van der Waals surface area contributed by atoms with E-state index in [9.17, 15) is 12.8 Å². The first-order valence-corrected chi connectivity index (χ1v) is 10.6. The molecule has 1 aliphatic rings. The summed E-state index contributed by atoms with van der Waals surface area (Å²) >= 11 is 0. The smallest absolute Gasteiger partial charge is 0.245 e. The highest BCUT2D eigenvalue weighted by atomic mass is 32.2. The lowest BCUT2D eigenvalue weighted by atomic mass is 10.1. The minimum absolute atomic E-state index is 0.167. The van der Waals surface area contributed by atoms with E-state index in [4.69, 9.17) is 4.52 Å². The number of rotatable bonds is 4. The van der Waals surface area contributed by atoms with Gasteiger partial charge in [0.05, 0.1) is 6.04 Å². The Balaban J connectivity index is 1.69. The van der Waals surface area contributed by atoms with Crippen LogP contribution in [-0.2, 0) is 10.0 Å². The van der Waals surface area contributed by atoms with Crippen LogP contribution >= 0.6 is 0 Å². The first kappa shape index (κ1) is 18.8. The number of nitrogens with zero attached hydrogens (tertiary/aromatic N) is 3. The van der Waals surface area contributed by atoms with E-state index in [-0.39, 0.29) is 10.7 Å². The van der Waals surface area contributed by atoms with Crippen molar-refractivity contribution < 1.29 is 17.3 Å². The van der Waals surface area contributed by atoms with Crippen molar-refractivity contribution in [2.24, 2.45) is 0 Å². The standard InChI is InChI=1S/C20H20FN3O3S/c21-16-9-7-15(8-10-16)18-13-20(27-23-18)19-6-2-1-3-12-24(19)28(25,26)17-5-4-11-22-14-17/h4-5,7-11,13-14,19H,1-3,6,12H2/t19-/m1/s1. The van der Waals surface area contributed by atoms with Crippen LogP contribution in [0.3, 0.4) is 0 Å². The summed E-state index contributed by atoms with van der Waals surface area (Å²) in [5.74, 6) is 0.165. The Morgan fingerprint density at radius 1 is 1.11 bits per heavy atom. The average Bonchev–Trinajstić information content (AvgIpc) is 3.06. The molecular formula is C20H20FN3O3S. The molecule has 1 aliphatic heterocycles. The third kappa shape index (κ3) is 3.70. The van der Waals surface area contributed by atoms with E-state index >= 15 is 0 Å². The SMILES string of the molecule is O=S(=O)(c1cccnc1)N1CCCCC[C@@H]1c1cc(-c2ccc(F)cc2)no1. The zero-order valence-corrected chi connectivity index (χ0v) is 16.0. The maximum Gasteiger partial charge on any atom is 0.245 e. The molecule has 0 bridgehead atoms. The van der Waals surface area contributed by atoms with Gasteiger partial charge in [0.25, 0.3) is 0 Å². The van der Waals surface area contributed by atoms with Gasteiger partial charge in [-0.05, 0) is 49.2 Å². The van der Waals surface area contributed by atoms with E-state index in [1.807, 2.05) is 0 Å². The zero-order valence-electron chi connectivity index (χ0n) is 15.2. The van der Waals surface area contributed by atoms with Gasteiger partial charge in [0, 0.05) is 30.6 Å². The molecule has 146 valence electrons. The molecule has 1 fully saturated rings. The molecule has 0 spiro atoms. The Hall–Kier alpha value is -2.58. The molecular weight excluding hydrogens is 381 g/mol. The molecule has 3 aromatic rings. The lowest BCUT2D eigenvalue weighted by Crippen LogP contribution is -2.34. The van der Waals surface area contributed by atoms with Gasteiger partial charge in [0.15, 0.2) is 5.76 Å². The fourth-order valence-corrected chi connectivity index (χ4v) is 5.12. The van der Waals surface area contributed by atoms with Crippen molar-refractivity contribution in [2.45, 2.75) is 36.6 Å². The Morgan fingerprint density at radius 3 is 2.68 bits per heavy atom. The van der Waals surface area contributed by atoms with E-state index < -0.39 is 16.1 Å². The molecule has 6 nitrogen and oxygen atoms in total. The molecule has 4 rings (SSSR count). The van der Waals surface area contributed by atoms with Crippen molar-refractivity contribution in [3.8, 4) is 11.3 Å². The predicted molar refractivity (Wildman–Crippen MR) is 101 cm³/mol. The quantitative estimate of drug-likeness (QED) is 0.655. The lowest BCUT2D eigenvalue weighted by Gasteiger charge is -2.27. The number of sulfonamides is 1. The van der Waals surface area contributed by atoms with Gasteiger partial charge in [0.2, 0.25) is 10.0 Å². The van der Waals surface area contributed by atoms with Gasteiger partial charge < -0.3 is 4.52 Å². The monoisotopic (exact) mass is 401 g/mol. The van der Waals surface area contributed by atoms with Gasteiger partial charge in [-0.15, -0.1) is 0 Å². The molecule has 0 amide bonds. The summed E-state index contributed by atoms with van der Waals surface area (Å²) in [6, 6.07) is 10.4. The van der Waals surface area contributed by atoms with E-state index in [2.05, 4.69) is 10.1 Å². The summed E-state index contributed by atoms with van der Waals surface area (Å²) in [5.41, 5.74) is 1.27. The van der Waals surface area contributed by atoms with Crippen LogP contribution in [0, 0.1) is 5.82 Å². The van der Waals surface area contributed by atoms with Gasteiger partial charge in [-0.1, -0.05) is 18.0 Å². The van der Waals surface area contributed by atoms with Crippen LogP contribution in [0.25, 0.3) is 11.3 Å². The molecule has 0 radical (unpaired) electrons. The molecule has 1 saturated heterocycles. The summed E-state index contributed by atoms with van der Waals surface area (Å²) in [6.07, 6.45) is 6.20. The Kier molecular flexibility index (Phi) is 5.23. The van der Waals surface area contributed by atoms with Crippen molar-refractivity contribution in [1.82, 2.24) is 14.4 Å². The fraction of sp³-hybridized carbons (Fsp3) is 0.300. The molecule has 28 heavy (non-hydrogen) atoms. The summed E-state index contributed by atoms with van der Waals surface area (Å²) in [4.78, 5) is 4.11. The molecule has 3 heterocycles. The molecule has 0 N–H and O–H groups in total. The summed E-state index contributed by atoms with van der Waals surface area (Å²) in [5, 5.41) is 4.08. The lowest BCUT2D eigenvalue weighted by molar-refractivity contribution is 0.259. The van der Waals surface area contributed by atoms with Crippen molar-refractivity contribution in [2.75, 3.05) is 6.54 Å². The second-order valence-corrected chi connectivity index (χ2v) is 8.68. The minimum Gasteiger partial charge on any atom is -0.359 e. The molecule has 1 atom stereocenters. The number of hydrogen-bond acceptors (Lipinski definition) is 5. The summed E-state index contributed by atoms with van der Waals surface area (Å²) in [7, 11) is -3.71. The molecule has 0 unspecified atom stereocenters. The fourth-order valence-electron chi connectivity index (χ4n) is 3.49. The minimum atomic E-state index is -3.71. The first-order chi connectivity index (χ1) is 13.6. The highest BCUT2D eigenvalue weighted by Crippen LogP contribution is 2.36. The Morgan fingerprint density at radius 2 is 1.93 bits per heavy atom. The summed E-state index contributed by atoms with van der Waals surface area (Å²) in [6.45, 7) is 0.411. The third-order valence-corrected chi connectivity index (χ3v) is 6.83. The van der Waals surface area contributed by atoms with Crippen molar-refractivity contribution >= 4 is 10.0 Å². The first-order valence-electron chi connectivity index (χ1n) is 9.20. The molecule has 0 aliphatic carbocycles. The van der Waals surface area contributed by atoms with Gasteiger partial charge in [-0.3, -0.25) is 4.98 Å². The number of pyridine rings is 1. The molecule has 1 aromatic carbocycles. The topological polar surface area (TPSA) is 76.3 Å².